The van der Waals surface area contributed by atoms with E-state index in [1.54, 1.807) is 0 Å². The van der Waals surface area contributed by atoms with Crippen LogP contribution in [0.25, 0.3) is 0 Å². The van der Waals surface area contributed by atoms with Gasteiger partial charge in [-0.1, -0.05) is 6.07 Å². The summed E-state index contributed by atoms with van der Waals surface area (Å²) in [5.41, 5.74) is 2.50. The molecule has 1 heterocycles. The highest BCUT2D eigenvalue weighted by atomic mass is 32.2. The van der Waals surface area contributed by atoms with Gasteiger partial charge >= 0.3 is 0 Å². The fraction of sp³-hybridized carbons (Fsp3) is 0.500. The van der Waals surface area contributed by atoms with Gasteiger partial charge in [0.05, 0.1) is 0 Å². The van der Waals surface area contributed by atoms with Crippen LogP contribution in [0.15, 0.2) is 24.3 Å². The van der Waals surface area contributed by atoms with Gasteiger partial charge in [-0.15, -0.1) is 0 Å². The van der Waals surface area contributed by atoms with E-state index in [1.165, 1.54) is 29.3 Å². The Bertz CT molecular complexity index is 319. The molecule has 0 radical (unpaired) electrons. The monoisotopic (exact) mass is 222 g/mol. The van der Waals surface area contributed by atoms with E-state index < -0.39 is 0 Å². The van der Waals surface area contributed by atoms with Crippen LogP contribution < -0.4 is 10.2 Å². The molecule has 82 valence electrons. The molecule has 0 saturated carbocycles. The molecule has 0 bridgehead atoms. The largest absolute Gasteiger partial charge is 0.381 e. The molecular weight excluding hydrogens is 204 g/mol. The standard InChI is InChI=1S/C12H18N2S/c1-14(2)12-5-3-4-10(8-12)13-11-6-7-15-9-11/h3-5,8,11,13H,6-7,9H2,1-2H3. The molecule has 0 aromatic heterocycles. The topological polar surface area (TPSA) is 15.3 Å². The van der Waals surface area contributed by atoms with Crippen molar-refractivity contribution in [3.8, 4) is 0 Å². The smallest absolute Gasteiger partial charge is 0.0381 e. The van der Waals surface area contributed by atoms with Crippen molar-refractivity contribution in [3.63, 3.8) is 0 Å². The number of rotatable bonds is 3. The van der Waals surface area contributed by atoms with Gasteiger partial charge in [-0.3, -0.25) is 0 Å². The average Bonchev–Trinajstić information content (AvgIpc) is 2.71. The molecule has 1 N–H and O–H groups in total. The molecule has 1 aromatic rings. The molecule has 0 spiro atoms. The van der Waals surface area contributed by atoms with Gasteiger partial charge in [-0.25, -0.2) is 0 Å². The van der Waals surface area contributed by atoms with E-state index in [9.17, 15) is 0 Å². The Morgan fingerprint density at radius 3 is 2.93 bits per heavy atom. The Morgan fingerprint density at radius 2 is 2.27 bits per heavy atom. The maximum Gasteiger partial charge on any atom is 0.0381 e. The second kappa shape index (κ2) is 4.79. The summed E-state index contributed by atoms with van der Waals surface area (Å²) < 4.78 is 0. The van der Waals surface area contributed by atoms with E-state index in [2.05, 4.69) is 48.6 Å². The van der Waals surface area contributed by atoms with Gasteiger partial charge in [0, 0.05) is 37.3 Å². The number of anilines is 2. The number of nitrogens with zero attached hydrogens (tertiary/aromatic N) is 1. The lowest BCUT2D eigenvalue weighted by Crippen LogP contribution is -2.18. The van der Waals surface area contributed by atoms with Gasteiger partial charge in [0.25, 0.3) is 0 Å². The van der Waals surface area contributed by atoms with Gasteiger partial charge in [0.2, 0.25) is 0 Å². The molecule has 1 atom stereocenters. The summed E-state index contributed by atoms with van der Waals surface area (Å²) in [4.78, 5) is 2.13. The number of nitrogens with one attached hydrogen (secondary N) is 1. The fourth-order valence-electron chi connectivity index (χ4n) is 1.76. The Labute approximate surface area is 96.0 Å². The zero-order valence-electron chi connectivity index (χ0n) is 9.36. The summed E-state index contributed by atoms with van der Waals surface area (Å²) >= 11 is 2.04. The molecule has 3 heteroatoms. The highest BCUT2D eigenvalue weighted by Gasteiger charge is 2.14. The van der Waals surface area contributed by atoms with Crippen molar-refractivity contribution in [2.45, 2.75) is 12.5 Å². The number of benzene rings is 1. The van der Waals surface area contributed by atoms with Crippen molar-refractivity contribution in [1.29, 1.82) is 0 Å². The van der Waals surface area contributed by atoms with Crippen molar-refractivity contribution in [1.82, 2.24) is 0 Å². The second-order valence-corrected chi connectivity index (χ2v) is 5.30. The zero-order valence-corrected chi connectivity index (χ0v) is 10.2. The van der Waals surface area contributed by atoms with E-state index in [0.717, 1.165) is 0 Å². The van der Waals surface area contributed by atoms with Crippen LogP contribution >= 0.6 is 11.8 Å². The van der Waals surface area contributed by atoms with Gasteiger partial charge < -0.3 is 10.2 Å². The summed E-state index contributed by atoms with van der Waals surface area (Å²) in [6.07, 6.45) is 1.29. The summed E-state index contributed by atoms with van der Waals surface area (Å²) in [6.45, 7) is 0. The van der Waals surface area contributed by atoms with E-state index in [1.807, 2.05) is 11.8 Å². The van der Waals surface area contributed by atoms with Crippen molar-refractivity contribution in [2.75, 3.05) is 35.8 Å². The van der Waals surface area contributed by atoms with E-state index in [0.29, 0.717) is 6.04 Å². The third-order valence-electron chi connectivity index (χ3n) is 2.66. The predicted molar refractivity (Wildman–Crippen MR) is 70.1 cm³/mol. The SMILES string of the molecule is CN(C)c1cccc(NC2CCSC2)c1. The number of thioether (sulfide) groups is 1. The first-order valence-electron chi connectivity index (χ1n) is 5.37. The molecule has 1 saturated heterocycles. The van der Waals surface area contributed by atoms with Crippen LogP contribution in [0.5, 0.6) is 0 Å². The van der Waals surface area contributed by atoms with Crippen LogP contribution in [-0.2, 0) is 0 Å². The molecule has 1 aliphatic heterocycles. The normalized spacial score (nSPS) is 20.3. The minimum atomic E-state index is 0.660. The molecule has 1 unspecified atom stereocenters. The lowest BCUT2D eigenvalue weighted by molar-refractivity contribution is 0.813. The van der Waals surface area contributed by atoms with Gasteiger partial charge in [0.15, 0.2) is 0 Å². The molecule has 2 nitrogen and oxygen atoms in total. The third kappa shape index (κ3) is 2.81. The van der Waals surface area contributed by atoms with Crippen molar-refractivity contribution >= 4 is 23.1 Å². The summed E-state index contributed by atoms with van der Waals surface area (Å²) in [5, 5.41) is 3.59. The highest BCUT2D eigenvalue weighted by Crippen LogP contribution is 2.23. The van der Waals surface area contributed by atoms with Gasteiger partial charge in [0.1, 0.15) is 0 Å². The minimum absolute atomic E-state index is 0.660. The van der Waals surface area contributed by atoms with Crippen LogP contribution in [-0.4, -0.2) is 31.6 Å². The van der Waals surface area contributed by atoms with Crippen LogP contribution in [0.4, 0.5) is 11.4 Å². The van der Waals surface area contributed by atoms with Crippen LogP contribution in [0, 0.1) is 0 Å². The van der Waals surface area contributed by atoms with E-state index >= 15 is 0 Å². The Morgan fingerprint density at radius 1 is 1.40 bits per heavy atom. The maximum absolute atomic E-state index is 3.59. The van der Waals surface area contributed by atoms with Crippen molar-refractivity contribution in [3.05, 3.63) is 24.3 Å². The Hall–Kier alpha value is -0.830. The third-order valence-corrected chi connectivity index (χ3v) is 3.83. The molecule has 0 aliphatic carbocycles. The second-order valence-electron chi connectivity index (χ2n) is 4.15. The quantitative estimate of drug-likeness (QED) is 0.846. The van der Waals surface area contributed by atoms with Crippen LogP contribution in [0.3, 0.4) is 0 Å². The maximum atomic E-state index is 3.59. The number of hydrogen-bond acceptors (Lipinski definition) is 3. The van der Waals surface area contributed by atoms with E-state index in [-0.39, 0.29) is 0 Å². The molecule has 0 amide bonds. The first kappa shape index (κ1) is 10.7. The van der Waals surface area contributed by atoms with Crippen LogP contribution in [0.2, 0.25) is 0 Å². The number of hydrogen-bond donors (Lipinski definition) is 1. The first-order valence-corrected chi connectivity index (χ1v) is 6.53. The lowest BCUT2D eigenvalue weighted by atomic mass is 10.2. The molecule has 15 heavy (non-hydrogen) atoms. The zero-order chi connectivity index (χ0) is 10.7. The fourth-order valence-corrected chi connectivity index (χ4v) is 2.91. The predicted octanol–water partition coefficient (Wildman–Crippen LogP) is 2.67. The molecule has 1 aliphatic rings. The summed E-state index contributed by atoms with van der Waals surface area (Å²) in [6, 6.07) is 9.26. The molecular formula is C12H18N2S. The first-order chi connectivity index (χ1) is 7.25. The summed E-state index contributed by atoms with van der Waals surface area (Å²) in [5.74, 6) is 2.54. The Kier molecular flexibility index (Phi) is 3.41. The van der Waals surface area contributed by atoms with Gasteiger partial charge in [-0.05, 0) is 30.4 Å². The Balaban J connectivity index is 2.04. The lowest BCUT2D eigenvalue weighted by Gasteiger charge is -2.17. The minimum Gasteiger partial charge on any atom is -0.381 e. The van der Waals surface area contributed by atoms with Crippen molar-refractivity contribution in [2.24, 2.45) is 0 Å². The van der Waals surface area contributed by atoms with E-state index in [4.69, 9.17) is 0 Å². The molecule has 1 fully saturated rings. The average molecular weight is 222 g/mol. The summed E-state index contributed by atoms with van der Waals surface area (Å²) in [7, 11) is 4.15. The highest BCUT2D eigenvalue weighted by molar-refractivity contribution is 7.99. The molecule has 2 rings (SSSR count). The van der Waals surface area contributed by atoms with Gasteiger partial charge in [-0.2, -0.15) is 11.8 Å². The molecule has 1 aromatic carbocycles. The van der Waals surface area contributed by atoms with Crippen LogP contribution in [0.1, 0.15) is 6.42 Å². The van der Waals surface area contributed by atoms with Crippen molar-refractivity contribution < 1.29 is 0 Å².